The van der Waals surface area contributed by atoms with Gasteiger partial charge < -0.3 is 14.7 Å². The van der Waals surface area contributed by atoms with E-state index in [0.29, 0.717) is 27.8 Å². The second kappa shape index (κ2) is 7.63. The summed E-state index contributed by atoms with van der Waals surface area (Å²) in [6, 6.07) is 9.27. The maximum Gasteiger partial charge on any atom is 0.328 e. The molecule has 0 fully saturated rings. The molecule has 0 saturated heterocycles. The van der Waals surface area contributed by atoms with Crippen molar-refractivity contribution >= 4 is 40.5 Å². The Morgan fingerprint density at radius 1 is 1.30 bits per heavy atom. The molecule has 3 rings (SSSR count). The van der Waals surface area contributed by atoms with Crippen LogP contribution < -0.4 is 9.64 Å². The van der Waals surface area contributed by atoms with Gasteiger partial charge in [-0.05, 0) is 35.4 Å². The molecule has 6 nitrogen and oxygen atoms in total. The van der Waals surface area contributed by atoms with Gasteiger partial charge in [-0.2, -0.15) is 0 Å². The highest BCUT2D eigenvalue weighted by Crippen LogP contribution is 2.38. The van der Waals surface area contributed by atoms with Crippen LogP contribution in [0.25, 0.3) is 28.1 Å². The lowest BCUT2D eigenvalue weighted by atomic mass is 9.97. The summed E-state index contributed by atoms with van der Waals surface area (Å²) in [6.45, 7) is 0. The van der Waals surface area contributed by atoms with Crippen LogP contribution in [-0.2, 0) is 4.79 Å². The third-order valence-corrected chi connectivity index (χ3v) is 4.22. The highest BCUT2D eigenvalue weighted by atomic mass is 35.5. The van der Waals surface area contributed by atoms with E-state index in [-0.39, 0.29) is 0 Å². The van der Waals surface area contributed by atoms with Gasteiger partial charge in [-0.25, -0.2) is 14.8 Å². The average molecular weight is 384 g/mol. The average Bonchev–Trinajstić information content (AvgIpc) is 2.64. The number of halogens is 1. The molecule has 7 heteroatoms. The number of carboxylic acids is 1. The van der Waals surface area contributed by atoms with Crippen molar-refractivity contribution in [1.29, 1.82) is 0 Å². The fourth-order valence-corrected chi connectivity index (χ4v) is 2.98. The smallest absolute Gasteiger partial charge is 0.328 e. The molecule has 0 aliphatic carbocycles. The molecule has 1 aromatic heterocycles. The molecule has 27 heavy (non-hydrogen) atoms. The molecular formula is C20H18ClN3O3. The minimum Gasteiger partial charge on any atom is -0.494 e. The summed E-state index contributed by atoms with van der Waals surface area (Å²) in [6.07, 6.45) is 4.30. The number of carbonyl (C=O) groups is 1. The molecule has 0 radical (unpaired) electrons. The number of methoxy groups -OCH3 is 1. The Morgan fingerprint density at radius 2 is 2.07 bits per heavy atom. The Hall–Kier alpha value is -3.12. The number of nitrogens with zero attached hydrogens (tertiary/aromatic N) is 3. The minimum absolute atomic E-state index is 0.485. The van der Waals surface area contributed by atoms with E-state index in [1.807, 2.05) is 38.4 Å². The Bertz CT molecular complexity index is 1050. The van der Waals surface area contributed by atoms with Crippen LogP contribution in [-0.4, -0.2) is 42.2 Å². The van der Waals surface area contributed by atoms with Crippen LogP contribution in [0.3, 0.4) is 0 Å². The van der Waals surface area contributed by atoms with Crippen LogP contribution in [0.2, 0.25) is 5.02 Å². The molecule has 0 spiro atoms. The van der Waals surface area contributed by atoms with Gasteiger partial charge >= 0.3 is 5.97 Å². The molecule has 0 aliphatic heterocycles. The van der Waals surface area contributed by atoms with E-state index in [1.54, 1.807) is 17.2 Å². The normalized spacial score (nSPS) is 11.1. The topological polar surface area (TPSA) is 75.6 Å². The predicted octanol–water partition coefficient (Wildman–Crippen LogP) is 4.12. The van der Waals surface area contributed by atoms with Crippen molar-refractivity contribution in [3.05, 3.63) is 53.2 Å². The van der Waals surface area contributed by atoms with Crippen LogP contribution >= 0.6 is 11.6 Å². The Labute approximate surface area is 161 Å². The maximum atomic E-state index is 11.0. The number of anilines is 1. The van der Waals surface area contributed by atoms with E-state index in [0.717, 1.165) is 22.6 Å². The Kier molecular flexibility index (Phi) is 5.28. The third kappa shape index (κ3) is 3.85. The van der Waals surface area contributed by atoms with Crippen molar-refractivity contribution in [2.24, 2.45) is 0 Å². The van der Waals surface area contributed by atoms with Gasteiger partial charge in [0.05, 0.1) is 7.11 Å². The first-order valence-electron chi connectivity index (χ1n) is 8.12. The van der Waals surface area contributed by atoms with Gasteiger partial charge in [-0.3, -0.25) is 0 Å². The molecule has 138 valence electrons. The third-order valence-electron chi connectivity index (χ3n) is 3.99. The summed E-state index contributed by atoms with van der Waals surface area (Å²) >= 11 is 6.16. The zero-order chi connectivity index (χ0) is 19.6. The summed E-state index contributed by atoms with van der Waals surface area (Å²) in [5, 5.41) is 10.4. The van der Waals surface area contributed by atoms with Gasteiger partial charge in [0.2, 0.25) is 5.95 Å². The van der Waals surface area contributed by atoms with E-state index in [2.05, 4.69) is 9.97 Å². The zero-order valence-electron chi connectivity index (χ0n) is 15.1. The lowest BCUT2D eigenvalue weighted by Gasteiger charge is -2.16. The summed E-state index contributed by atoms with van der Waals surface area (Å²) in [5.41, 5.74) is 2.91. The van der Waals surface area contributed by atoms with E-state index >= 15 is 0 Å². The number of aromatic nitrogens is 2. The number of rotatable bonds is 5. The molecule has 2 aromatic carbocycles. The van der Waals surface area contributed by atoms with Crippen molar-refractivity contribution in [2.45, 2.75) is 0 Å². The molecule has 1 heterocycles. The van der Waals surface area contributed by atoms with Crippen molar-refractivity contribution in [2.75, 3.05) is 26.1 Å². The van der Waals surface area contributed by atoms with Crippen molar-refractivity contribution < 1.29 is 14.6 Å². The number of fused-ring (bicyclic) bond motifs is 1. The highest BCUT2D eigenvalue weighted by molar-refractivity contribution is 6.31. The first-order valence-corrected chi connectivity index (χ1v) is 8.50. The minimum atomic E-state index is -1.04. The van der Waals surface area contributed by atoms with Crippen LogP contribution in [0.4, 0.5) is 5.95 Å². The van der Waals surface area contributed by atoms with Gasteiger partial charge in [0.1, 0.15) is 5.52 Å². The standard InChI is InChI=1S/C20H18ClN3O3/c1-24(2)20-22-11-16-15(12-5-4-6-14(21)9-12)10-13(7-8-17(25)26)19(27-3)18(16)23-20/h4-11H,1-3H3,(H,25,26)/b8-7+. The molecule has 0 unspecified atom stereocenters. The van der Waals surface area contributed by atoms with Crippen molar-refractivity contribution in [3.63, 3.8) is 0 Å². The Balaban J connectivity index is 2.38. The fraction of sp³-hybridized carbons (Fsp3) is 0.150. The monoisotopic (exact) mass is 383 g/mol. The number of hydrogen-bond donors (Lipinski definition) is 1. The van der Waals surface area contributed by atoms with Gasteiger partial charge in [-0.1, -0.05) is 23.7 Å². The summed E-state index contributed by atoms with van der Waals surface area (Å²) in [4.78, 5) is 21.8. The molecule has 3 aromatic rings. The molecular weight excluding hydrogens is 366 g/mol. The lowest BCUT2D eigenvalue weighted by molar-refractivity contribution is -0.131. The number of carboxylic acid groups (broad SMARTS) is 1. The molecule has 0 saturated carbocycles. The molecule has 0 bridgehead atoms. The van der Waals surface area contributed by atoms with Crippen LogP contribution in [0, 0.1) is 0 Å². The zero-order valence-corrected chi connectivity index (χ0v) is 15.9. The van der Waals surface area contributed by atoms with Gasteiger partial charge in [-0.15, -0.1) is 0 Å². The van der Waals surface area contributed by atoms with E-state index in [1.165, 1.54) is 13.2 Å². The van der Waals surface area contributed by atoms with Crippen LogP contribution in [0.5, 0.6) is 5.75 Å². The molecule has 1 N–H and O–H groups in total. The highest BCUT2D eigenvalue weighted by Gasteiger charge is 2.16. The van der Waals surface area contributed by atoms with E-state index in [9.17, 15) is 4.79 Å². The maximum absolute atomic E-state index is 11.0. The SMILES string of the molecule is COc1c(/C=C/C(=O)O)cc(-c2cccc(Cl)c2)c2cnc(N(C)C)nc12. The number of benzene rings is 2. The second-order valence-electron chi connectivity index (χ2n) is 6.06. The van der Waals surface area contributed by atoms with Crippen LogP contribution in [0.15, 0.2) is 42.6 Å². The van der Waals surface area contributed by atoms with Crippen LogP contribution in [0.1, 0.15) is 5.56 Å². The van der Waals surface area contributed by atoms with E-state index in [4.69, 9.17) is 21.4 Å². The summed E-state index contributed by atoms with van der Waals surface area (Å²) in [7, 11) is 5.22. The fourth-order valence-electron chi connectivity index (χ4n) is 2.79. The van der Waals surface area contributed by atoms with Gasteiger partial charge in [0, 0.05) is 42.3 Å². The number of ether oxygens (including phenoxy) is 1. The molecule has 0 amide bonds. The molecule has 0 atom stereocenters. The number of aliphatic carboxylic acids is 1. The Morgan fingerprint density at radius 3 is 2.70 bits per heavy atom. The first kappa shape index (κ1) is 18.7. The van der Waals surface area contributed by atoms with Crippen molar-refractivity contribution in [3.8, 4) is 16.9 Å². The summed E-state index contributed by atoms with van der Waals surface area (Å²) < 4.78 is 5.56. The van der Waals surface area contributed by atoms with E-state index < -0.39 is 5.97 Å². The molecule has 0 aliphatic rings. The lowest BCUT2D eigenvalue weighted by Crippen LogP contribution is -2.12. The number of hydrogen-bond acceptors (Lipinski definition) is 5. The second-order valence-corrected chi connectivity index (χ2v) is 6.49. The summed E-state index contributed by atoms with van der Waals surface area (Å²) in [5.74, 6) is -0.0332. The quantitative estimate of drug-likeness (QED) is 0.668. The van der Waals surface area contributed by atoms with Gasteiger partial charge in [0.25, 0.3) is 0 Å². The predicted molar refractivity (Wildman–Crippen MR) is 108 cm³/mol. The largest absolute Gasteiger partial charge is 0.494 e. The van der Waals surface area contributed by atoms with Crippen molar-refractivity contribution in [1.82, 2.24) is 9.97 Å². The first-order chi connectivity index (χ1) is 12.9. The van der Waals surface area contributed by atoms with Gasteiger partial charge in [0.15, 0.2) is 5.75 Å².